The molecule has 0 aromatic heterocycles. The van der Waals surface area contributed by atoms with E-state index in [1.807, 2.05) is 0 Å². The van der Waals surface area contributed by atoms with Gasteiger partial charge >= 0.3 is 0 Å². The van der Waals surface area contributed by atoms with Gasteiger partial charge in [-0.3, -0.25) is 4.79 Å². The van der Waals surface area contributed by atoms with Gasteiger partial charge in [-0.25, -0.2) is 0 Å². The molecule has 3 nitrogen and oxygen atoms in total. The molecule has 0 atom stereocenters. The Morgan fingerprint density at radius 2 is 2.11 bits per heavy atom. The number of nitrogens with two attached hydrogens (primary N) is 1. The van der Waals surface area contributed by atoms with Crippen molar-refractivity contribution >= 4 is 33.4 Å². The monoisotopic (exact) mass is 330 g/mol. The molecule has 0 unspecified atom stereocenters. The van der Waals surface area contributed by atoms with E-state index in [4.69, 9.17) is 17.3 Å². The summed E-state index contributed by atoms with van der Waals surface area (Å²) in [4.78, 5) is 12.2. The number of halogens is 2. The minimum absolute atomic E-state index is 0.0836. The third-order valence-electron chi connectivity index (χ3n) is 3.51. The van der Waals surface area contributed by atoms with Crippen molar-refractivity contribution in [1.29, 1.82) is 0 Å². The first-order chi connectivity index (χ1) is 8.56. The topological polar surface area (TPSA) is 55.1 Å². The van der Waals surface area contributed by atoms with Crippen LogP contribution in [-0.4, -0.2) is 18.0 Å². The van der Waals surface area contributed by atoms with Gasteiger partial charge in [0, 0.05) is 16.6 Å². The molecule has 1 aromatic rings. The zero-order valence-corrected chi connectivity index (χ0v) is 12.4. The molecule has 18 heavy (non-hydrogen) atoms. The number of hydrogen-bond donors (Lipinski definition) is 2. The normalized spacial score (nSPS) is 17.7. The lowest BCUT2D eigenvalue weighted by Crippen LogP contribution is -2.51. The van der Waals surface area contributed by atoms with Gasteiger partial charge in [-0.2, -0.15) is 0 Å². The lowest BCUT2D eigenvalue weighted by Gasteiger charge is -2.28. The molecule has 0 spiro atoms. The number of amides is 1. The third-order valence-corrected chi connectivity index (χ3v) is 4.73. The summed E-state index contributed by atoms with van der Waals surface area (Å²) < 4.78 is 0.727. The lowest BCUT2D eigenvalue weighted by molar-refractivity contribution is 0.0903. The van der Waals surface area contributed by atoms with Crippen LogP contribution in [-0.2, 0) is 0 Å². The predicted octanol–water partition coefficient (Wildman–Crippen LogP) is 3.10. The van der Waals surface area contributed by atoms with E-state index < -0.39 is 0 Å². The van der Waals surface area contributed by atoms with Crippen molar-refractivity contribution < 1.29 is 4.79 Å². The molecule has 1 fully saturated rings. The molecule has 0 saturated heterocycles. The number of carbonyl (C=O) groups is 1. The van der Waals surface area contributed by atoms with E-state index in [-0.39, 0.29) is 11.4 Å². The van der Waals surface area contributed by atoms with Gasteiger partial charge in [0.1, 0.15) is 0 Å². The van der Waals surface area contributed by atoms with Crippen LogP contribution in [0.1, 0.15) is 36.0 Å². The van der Waals surface area contributed by atoms with Gasteiger partial charge in [-0.1, -0.05) is 24.4 Å². The summed E-state index contributed by atoms with van der Waals surface area (Å²) in [6.07, 6.45) is 4.18. The Morgan fingerprint density at radius 1 is 1.44 bits per heavy atom. The molecular weight excluding hydrogens is 316 g/mol. The second-order valence-corrected chi connectivity index (χ2v) is 6.04. The molecule has 1 amide bonds. The Hall–Kier alpha value is -0.580. The fourth-order valence-corrected chi connectivity index (χ4v) is 2.88. The van der Waals surface area contributed by atoms with Gasteiger partial charge < -0.3 is 11.1 Å². The van der Waals surface area contributed by atoms with Crippen molar-refractivity contribution in [2.45, 2.75) is 31.2 Å². The van der Waals surface area contributed by atoms with Crippen LogP contribution in [0.5, 0.6) is 0 Å². The molecule has 2 rings (SSSR count). The summed E-state index contributed by atoms with van der Waals surface area (Å²) in [6.45, 7) is 0.494. The number of hydrogen-bond acceptors (Lipinski definition) is 2. The first-order valence-electron chi connectivity index (χ1n) is 6.04. The molecule has 1 saturated carbocycles. The third kappa shape index (κ3) is 2.87. The van der Waals surface area contributed by atoms with Crippen LogP contribution in [0.4, 0.5) is 0 Å². The number of rotatable bonds is 3. The van der Waals surface area contributed by atoms with Crippen LogP contribution < -0.4 is 11.1 Å². The van der Waals surface area contributed by atoms with E-state index in [1.54, 1.807) is 18.2 Å². The van der Waals surface area contributed by atoms with E-state index in [0.717, 1.165) is 30.2 Å². The summed E-state index contributed by atoms with van der Waals surface area (Å²) in [5.74, 6) is -0.0836. The maximum atomic E-state index is 12.2. The Bertz CT molecular complexity index is 458. The van der Waals surface area contributed by atoms with Crippen molar-refractivity contribution in [3.8, 4) is 0 Å². The highest BCUT2D eigenvalue weighted by molar-refractivity contribution is 9.10. The molecule has 0 radical (unpaired) electrons. The van der Waals surface area contributed by atoms with Gasteiger partial charge in [-0.05, 0) is 47.0 Å². The van der Waals surface area contributed by atoms with Crippen molar-refractivity contribution in [2.24, 2.45) is 5.73 Å². The van der Waals surface area contributed by atoms with E-state index in [0.29, 0.717) is 17.1 Å². The van der Waals surface area contributed by atoms with E-state index in [1.165, 1.54) is 0 Å². The molecule has 0 bridgehead atoms. The molecule has 5 heteroatoms. The maximum Gasteiger partial charge on any atom is 0.251 e. The Kier molecular flexibility index (Phi) is 4.30. The largest absolute Gasteiger partial charge is 0.345 e. The molecule has 3 N–H and O–H groups in total. The summed E-state index contributed by atoms with van der Waals surface area (Å²) in [7, 11) is 0. The summed E-state index contributed by atoms with van der Waals surface area (Å²) in [5, 5.41) is 3.68. The zero-order valence-electron chi connectivity index (χ0n) is 10.0. The molecule has 0 heterocycles. The zero-order chi connectivity index (χ0) is 13.2. The van der Waals surface area contributed by atoms with Gasteiger partial charge in [-0.15, -0.1) is 0 Å². The molecule has 1 aliphatic rings. The highest BCUT2D eigenvalue weighted by Gasteiger charge is 2.34. The summed E-state index contributed by atoms with van der Waals surface area (Å²) in [5.41, 5.74) is 6.19. The Morgan fingerprint density at radius 3 is 2.67 bits per heavy atom. The van der Waals surface area contributed by atoms with E-state index >= 15 is 0 Å². The molecule has 1 aliphatic carbocycles. The van der Waals surface area contributed by atoms with Crippen LogP contribution in [0, 0.1) is 0 Å². The fourth-order valence-electron chi connectivity index (χ4n) is 2.38. The highest BCUT2D eigenvalue weighted by Crippen LogP contribution is 2.29. The number of benzene rings is 1. The van der Waals surface area contributed by atoms with Crippen molar-refractivity contribution in [2.75, 3.05) is 6.54 Å². The van der Waals surface area contributed by atoms with Gasteiger partial charge in [0.25, 0.3) is 5.91 Å². The van der Waals surface area contributed by atoms with Crippen LogP contribution in [0.3, 0.4) is 0 Å². The van der Waals surface area contributed by atoms with Crippen molar-refractivity contribution in [3.63, 3.8) is 0 Å². The second kappa shape index (κ2) is 5.59. The Balaban J connectivity index is 2.13. The highest BCUT2D eigenvalue weighted by atomic mass is 79.9. The molecule has 1 aromatic carbocycles. The average molecular weight is 332 g/mol. The van der Waals surface area contributed by atoms with E-state index in [2.05, 4.69) is 21.2 Å². The molecule has 0 aliphatic heterocycles. The minimum Gasteiger partial charge on any atom is -0.345 e. The predicted molar refractivity (Wildman–Crippen MR) is 76.9 cm³/mol. The first-order valence-corrected chi connectivity index (χ1v) is 7.21. The van der Waals surface area contributed by atoms with Crippen LogP contribution >= 0.6 is 27.5 Å². The van der Waals surface area contributed by atoms with Gasteiger partial charge in [0.15, 0.2) is 0 Å². The van der Waals surface area contributed by atoms with Crippen LogP contribution in [0.25, 0.3) is 0 Å². The van der Waals surface area contributed by atoms with Gasteiger partial charge in [0.2, 0.25) is 0 Å². The molecular formula is C13H16BrClN2O. The second-order valence-electron chi connectivity index (χ2n) is 4.77. The number of carbonyl (C=O) groups excluding carboxylic acids is 1. The summed E-state index contributed by atoms with van der Waals surface area (Å²) in [6, 6.07) is 5.17. The maximum absolute atomic E-state index is 12.2. The standard InChI is InChI=1S/C13H16BrClN2O/c14-10-7-9(3-4-11(10)15)12(18)17-13(8-16)5-1-2-6-13/h3-4,7H,1-2,5-6,8,16H2,(H,17,18). The minimum atomic E-state index is -0.219. The van der Waals surface area contributed by atoms with E-state index in [9.17, 15) is 4.79 Å². The van der Waals surface area contributed by atoms with Gasteiger partial charge in [0.05, 0.1) is 10.6 Å². The van der Waals surface area contributed by atoms with Crippen molar-refractivity contribution in [3.05, 3.63) is 33.3 Å². The van der Waals surface area contributed by atoms with Crippen molar-refractivity contribution in [1.82, 2.24) is 5.32 Å². The average Bonchev–Trinajstić information content (AvgIpc) is 2.82. The quantitative estimate of drug-likeness (QED) is 0.894. The fraction of sp³-hybridized carbons (Fsp3) is 0.462. The van der Waals surface area contributed by atoms with Crippen LogP contribution in [0.15, 0.2) is 22.7 Å². The van der Waals surface area contributed by atoms with Crippen LogP contribution in [0.2, 0.25) is 5.02 Å². The first kappa shape index (κ1) is 13.8. The summed E-state index contributed by atoms with van der Waals surface area (Å²) >= 11 is 9.23. The smallest absolute Gasteiger partial charge is 0.251 e. The Labute approximate surface area is 120 Å². The SMILES string of the molecule is NCC1(NC(=O)c2ccc(Cl)c(Br)c2)CCCC1. The number of nitrogens with one attached hydrogen (secondary N) is 1. The molecule has 98 valence electrons. The lowest BCUT2D eigenvalue weighted by atomic mass is 9.97.